The molecule has 2 aromatic carbocycles. The van der Waals surface area contributed by atoms with Gasteiger partial charge in [-0.15, -0.1) is 0 Å². The van der Waals surface area contributed by atoms with Crippen LogP contribution in [0.4, 0.5) is 4.39 Å². The highest BCUT2D eigenvalue weighted by Gasteiger charge is 2.28. The van der Waals surface area contributed by atoms with E-state index in [0.29, 0.717) is 47.1 Å². The van der Waals surface area contributed by atoms with Crippen LogP contribution >= 0.6 is 0 Å². The standard InChI is InChI=1S/C27H28FN5O5S/c1-14(20-12-17(32-25(20)34)5-4-10-31-27(29)30)18-6-3-7-19-22(24(26(35)36)33-23(18)19)15-8-9-16(21(28)11-15)13-39(2,37)38/h3,6-9,11-12,14,33H,4-5,10,13H2,1-2H3,(H,35,36)(H4,29,30,31). The van der Waals surface area contributed by atoms with E-state index in [1.807, 2.05) is 6.92 Å². The van der Waals surface area contributed by atoms with Crippen molar-refractivity contribution in [2.45, 2.75) is 31.4 Å². The van der Waals surface area contributed by atoms with E-state index in [2.05, 4.69) is 15.0 Å². The Labute approximate surface area is 224 Å². The zero-order valence-corrected chi connectivity index (χ0v) is 22.2. The first kappa shape index (κ1) is 27.7. The van der Waals surface area contributed by atoms with Gasteiger partial charge < -0.3 is 21.6 Å². The number of nitrogens with zero attached hydrogens (tertiary/aromatic N) is 2. The SMILES string of the molecule is CC(C1=CC(CCCN=C(N)N)=NC1=O)c1cccc2c(-c3ccc(CS(C)(=O)=O)c(F)c3)c(C(=O)O)[nH]c12. The summed E-state index contributed by atoms with van der Waals surface area (Å²) in [6.45, 7) is 2.24. The third-order valence-electron chi connectivity index (χ3n) is 6.47. The number of carbonyl (C=O) groups is 2. The van der Waals surface area contributed by atoms with Crippen molar-refractivity contribution in [1.82, 2.24) is 4.98 Å². The molecule has 0 saturated carbocycles. The van der Waals surface area contributed by atoms with Gasteiger partial charge in [0.1, 0.15) is 11.5 Å². The van der Waals surface area contributed by atoms with E-state index in [4.69, 9.17) is 11.5 Å². The van der Waals surface area contributed by atoms with Gasteiger partial charge in [0, 0.05) is 46.5 Å². The highest BCUT2D eigenvalue weighted by molar-refractivity contribution is 7.89. The second-order valence-corrected chi connectivity index (χ2v) is 11.6. The van der Waals surface area contributed by atoms with Crippen molar-refractivity contribution in [1.29, 1.82) is 0 Å². The van der Waals surface area contributed by atoms with Crippen LogP contribution in [-0.2, 0) is 20.4 Å². The number of H-pyrrole nitrogens is 1. The highest BCUT2D eigenvalue weighted by atomic mass is 32.2. The van der Waals surface area contributed by atoms with Crippen LogP contribution in [0, 0.1) is 5.82 Å². The molecule has 0 saturated heterocycles. The number of halogens is 1. The summed E-state index contributed by atoms with van der Waals surface area (Å²) in [5, 5.41) is 10.5. The van der Waals surface area contributed by atoms with Gasteiger partial charge in [0.15, 0.2) is 15.8 Å². The number of nitrogens with two attached hydrogens (primary N) is 2. The molecule has 0 spiro atoms. The number of benzene rings is 2. The second-order valence-electron chi connectivity index (χ2n) is 9.47. The Hall–Kier alpha value is -4.32. The van der Waals surface area contributed by atoms with Gasteiger partial charge in [0.25, 0.3) is 5.91 Å². The number of carboxylic acid groups (broad SMARTS) is 1. The topological polar surface area (TPSA) is 181 Å². The largest absolute Gasteiger partial charge is 0.477 e. The molecular weight excluding hydrogens is 525 g/mol. The summed E-state index contributed by atoms with van der Waals surface area (Å²) < 4.78 is 38.1. The molecule has 1 aromatic heterocycles. The van der Waals surface area contributed by atoms with Crippen LogP contribution in [0.25, 0.3) is 22.0 Å². The molecular formula is C27H28FN5O5S. The Morgan fingerprint density at radius 3 is 2.62 bits per heavy atom. The minimum Gasteiger partial charge on any atom is -0.477 e. The number of sulfone groups is 1. The van der Waals surface area contributed by atoms with E-state index in [0.717, 1.165) is 12.3 Å². The number of guanidine groups is 1. The minimum absolute atomic E-state index is 0.00369. The zero-order valence-electron chi connectivity index (χ0n) is 21.4. The van der Waals surface area contributed by atoms with Crippen molar-refractivity contribution in [2.24, 2.45) is 21.5 Å². The average Bonchev–Trinajstić information content (AvgIpc) is 3.42. The number of nitrogens with one attached hydrogen (secondary N) is 1. The van der Waals surface area contributed by atoms with Crippen LogP contribution in [-0.4, -0.2) is 54.9 Å². The Kier molecular flexibility index (Phi) is 7.68. The van der Waals surface area contributed by atoms with Gasteiger partial charge in [-0.3, -0.25) is 9.79 Å². The van der Waals surface area contributed by atoms with Crippen molar-refractivity contribution in [3.05, 3.63) is 70.7 Å². The van der Waals surface area contributed by atoms with Crippen LogP contribution in [0.5, 0.6) is 0 Å². The molecule has 204 valence electrons. The summed E-state index contributed by atoms with van der Waals surface area (Å²) in [7, 11) is -3.46. The number of aromatic nitrogens is 1. The fourth-order valence-corrected chi connectivity index (χ4v) is 5.51. The van der Waals surface area contributed by atoms with Gasteiger partial charge >= 0.3 is 5.97 Å². The third kappa shape index (κ3) is 6.06. The lowest BCUT2D eigenvalue weighted by Crippen LogP contribution is -2.23. The molecule has 10 nitrogen and oxygen atoms in total. The number of hydrogen-bond donors (Lipinski definition) is 4. The maximum absolute atomic E-state index is 14.8. The highest BCUT2D eigenvalue weighted by Crippen LogP contribution is 2.39. The van der Waals surface area contributed by atoms with E-state index in [1.54, 1.807) is 24.3 Å². The summed E-state index contributed by atoms with van der Waals surface area (Å²) in [5.74, 6) is -3.27. The molecule has 12 heteroatoms. The van der Waals surface area contributed by atoms with E-state index in [1.165, 1.54) is 12.1 Å². The first-order chi connectivity index (χ1) is 18.4. The van der Waals surface area contributed by atoms with E-state index in [-0.39, 0.29) is 34.3 Å². The summed E-state index contributed by atoms with van der Waals surface area (Å²) in [6, 6.07) is 9.22. The molecule has 6 N–H and O–H groups in total. The number of allylic oxidation sites excluding steroid dienone is 1. The summed E-state index contributed by atoms with van der Waals surface area (Å²) in [5.41, 5.74) is 13.3. The maximum Gasteiger partial charge on any atom is 0.352 e. The molecule has 1 aliphatic rings. The summed E-state index contributed by atoms with van der Waals surface area (Å²) in [6.07, 6.45) is 3.87. The number of fused-ring (bicyclic) bond motifs is 1. The number of hydrogen-bond acceptors (Lipinski definition) is 5. The lowest BCUT2D eigenvalue weighted by molar-refractivity contribution is -0.114. The molecule has 3 aromatic rings. The monoisotopic (exact) mass is 553 g/mol. The van der Waals surface area contributed by atoms with Crippen LogP contribution in [0.15, 0.2) is 58.0 Å². The minimum atomic E-state index is -3.46. The number of aromatic carboxylic acids is 1. The molecule has 2 heterocycles. The van der Waals surface area contributed by atoms with Crippen molar-refractivity contribution in [3.8, 4) is 11.1 Å². The quantitative estimate of drug-likeness (QED) is 0.169. The van der Waals surface area contributed by atoms with Gasteiger partial charge in [-0.05, 0) is 36.1 Å². The predicted octanol–water partition coefficient (Wildman–Crippen LogP) is 3.28. The number of amides is 1. The average molecular weight is 554 g/mol. The van der Waals surface area contributed by atoms with Gasteiger partial charge in [-0.2, -0.15) is 0 Å². The van der Waals surface area contributed by atoms with Gasteiger partial charge in [0.05, 0.1) is 11.3 Å². The Balaban J connectivity index is 1.72. The van der Waals surface area contributed by atoms with Crippen LogP contribution in [0.3, 0.4) is 0 Å². The summed E-state index contributed by atoms with van der Waals surface area (Å²) in [4.78, 5) is 35.9. The smallest absolute Gasteiger partial charge is 0.352 e. The molecule has 0 radical (unpaired) electrons. The fourth-order valence-electron chi connectivity index (χ4n) is 4.71. The number of aromatic amines is 1. The molecule has 1 amide bonds. The first-order valence-electron chi connectivity index (χ1n) is 12.1. The summed E-state index contributed by atoms with van der Waals surface area (Å²) >= 11 is 0. The zero-order chi connectivity index (χ0) is 28.5. The Morgan fingerprint density at radius 2 is 1.97 bits per heavy atom. The molecule has 0 fully saturated rings. The molecule has 1 atom stereocenters. The maximum atomic E-state index is 14.8. The normalized spacial score (nSPS) is 14.3. The van der Waals surface area contributed by atoms with Gasteiger partial charge in [-0.25, -0.2) is 22.6 Å². The van der Waals surface area contributed by atoms with E-state index >= 15 is 0 Å². The van der Waals surface area contributed by atoms with Crippen molar-refractivity contribution in [2.75, 3.05) is 12.8 Å². The molecule has 1 aliphatic heterocycles. The lowest BCUT2D eigenvalue weighted by Gasteiger charge is -2.13. The molecule has 39 heavy (non-hydrogen) atoms. The first-order valence-corrected chi connectivity index (χ1v) is 14.1. The molecule has 0 bridgehead atoms. The van der Waals surface area contributed by atoms with Crippen LogP contribution in [0.2, 0.25) is 0 Å². The Morgan fingerprint density at radius 1 is 1.23 bits per heavy atom. The number of para-hydroxylation sites is 1. The number of carbonyl (C=O) groups excluding carboxylic acids is 1. The van der Waals surface area contributed by atoms with Crippen LogP contribution in [0.1, 0.15) is 47.3 Å². The molecule has 1 unspecified atom stereocenters. The van der Waals surface area contributed by atoms with Gasteiger partial charge in [-0.1, -0.05) is 37.3 Å². The van der Waals surface area contributed by atoms with Crippen LogP contribution < -0.4 is 11.5 Å². The van der Waals surface area contributed by atoms with Crippen molar-refractivity contribution < 1.29 is 27.5 Å². The lowest BCUT2D eigenvalue weighted by atomic mass is 9.90. The predicted molar refractivity (Wildman–Crippen MR) is 148 cm³/mol. The van der Waals surface area contributed by atoms with Gasteiger partial charge in [0.2, 0.25) is 0 Å². The number of aliphatic imine (C=N–C) groups is 2. The Bertz CT molecular complexity index is 1680. The van der Waals surface area contributed by atoms with E-state index < -0.39 is 33.3 Å². The number of carboxylic acids is 1. The second kappa shape index (κ2) is 10.8. The molecule has 0 aliphatic carbocycles. The van der Waals surface area contributed by atoms with E-state index in [9.17, 15) is 27.5 Å². The van der Waals surface area contributed by atoms with Crippen molar-refractivity contribution >= 4 is 44.3 Å². The number of rotatable bonds is 10. The third-order valence-corrected chi connectivity index (χ3v) is 7.31. The fraction of sp³-hybridized carbons (Fsp3) is 0.259. The van der Waals surface area contributed by atoms with Crippen molar-refractivity contribution in [3.63, 3.8) is 0 Å². The molecule has 4 rings (SSSR count).